The molecule has 0 saturated heterocycles. The molecule has 2 nitrogen and oxygen atoms in total. The van der Waals surface area contributed by atoms with Crippen molar-refractivity contribution in [1.29, 1.82) is 0 Å². The Bertz CT molecular complexity index is 775. The Morgan fingerprint density at radius 2 is 1.39 bits per heavy atom. The monoisotopic (exact) mass is 453 g/mol. The van der Waals surface area contributed by atoms with Crippen molar-refractivity contribution in [1.82, 2.24) is 9.55 Å². The van der Waals surface area contributed by atoms with E-state index in [2.05, 4.69) is 78.5 Å². The summed E-state index contributed by atoms with van der Waals surface area (Å²) in [6.45, 7) is 0. The van der Waals surface area contributed by atoms with Crippen LogP contribution in [0, 0.1) is 13.3 Å². The van der Waals surface area contributed by atoms with Crippen LogP contribution in [0.25, 0.3) is 0 Å². The van der Waals surface area contributed by atoms with Crippen LogP contribution in [0.2, 0.25) is 0 Å². The van der Waals surface area contributed by atoms with Crippen molar-refractivity contribution >= 4 is 20.1 Å². The van der Waals surface area contributed by atoms with Crippen LogP contribution in [0.4, 0.5) is 0 Å². The Hall–Kier alpha value is -1.24. The molecule has 0 unspecified atom stereocenters. The molecule has 0 atom stereocenters. The van der Waals surface area contributed by atoms with E-state index in [9.17, 15) is 0 Å². The molecule has 0 spiro atoms. The summed E-state index contributed by atoms with van der Waals surface area (Å²) in [6.07, 6.45) is 9.16. The van der Waals surface area contributed by atoms with Crippen LogP contribution in [0.3, 0.4) is 0 Å². The van der Waals surface area contributed by atoms with Gasteiger partial charge in [0.05, 0.1) is 5.41 Å². The van der Waals surface area contributed by atoms with Crippen LogP contribution >= 0.6 is 20.1 Å². The summed E-state index contributed by atoms with van der Waals surface area (Å²) in [7, 11) is 11.8. The van der Waals surface area contributed by atoms with Crippen molar-refractivity contribution in [2.45, 2.75) is 31.1 Å². The molecule has 0 N–H and O–H groups in total. The van der Waals surface area contributed by atoms with Gasteiger partial charge in [-0.1, -0.05) is 73.5 Å². The number of nitrogens with zero attached hydrogens (tertiary/aromatic N) is 2. The number of imidazole rings is 1. The quantitative estimate of drug-likeness (QED) is 0.398. The normalized spacial score (nSPS) is 14.0. The summed E-state index contributed by atoms with van der Waals surface area (Å²) >= 11 is -0.181. The van der Waals surface area contributed by atoms with Gasteiger partial charge in [0.2, 0.25) is 0 Å². The molecule has 1 heterocycles. The van der Waals surface area contributed by atoms with Crippen molar-refractivity contribution in [3.05, 3.63) is 97.4 Å². The van der Waals surface area contributed by atoms with Gasteiger partial charge >= 0.3 is 33.5 Å². The molecule has 2 aromatic carbocycles. The number of hydrogen-bond donors (Lipinski definition) is 0. The zero-order valence-electron chi connectivity index (χ0n) is 16.4. The zero-order valence-corrected chi connectivity index (χ0v) is 19.2. The van der Waals surface area contributed by atoms with Crippen LogP contribution < -0.4 is 0 Å². The Morgan fingerprint density at radius 1 is 0.929 bits per heavy atom. The third-order valence-electron chi connectivity index (χ3n) is 5.60. The van der Waals surface area contributed by atoms with E-state index in [0.29, 0.717) is 5.92 Å². The third kappa shape index (κ3) is 4.50. The van der Waals surface area contributed by atoms with Crippen molar-refractivity contribution in [2.24, 2.45) is 13.0 Å². The van der Waals surface area contributed by atoms with Crippen molar-refractivity contribution in [3.8, 4) is 0 Å². The van der Waals surface area contributed by atoms with Gasteiger partial charge in [0.25, 0.3) is 0 Å². The van der Waals surface area contributed by atoms with Crippen molar-refractivity contribution in [3.63, 3.8) is 0 Å². The first-order chi connectivity index (χ1) is 13.2. The molecule has 5 heteroatoms. The summed E-state index contributed by atoms with van der Waals surface area (Å²) in [6, 6.07) is 21.9. The van der Waals surface area contributed by atoms with Gasteiger partial charge in [-0.2, -0.15) is 0 Å². The van der Waals surface area contributed by atoms with Gasteiger partial charge in [-0.3, -0.25) is 0 Å². The van der Waals surface area contributed by atoms with Crippen molar-refractivity contribution in [2.75, 3.05) is 0 Å². The first kappa shape index (κ1) is 23.0. The van der Waals surface area contributed by atoms with Crippen LogP contribution in [0.15, 0.2) is 73.1 Å². The summed E-state index contributed by atoms with van der Waals surface area (Å²) in [5.41, 5.74) is 2.55. The first-order valence-corrected chi connectivity index (χ1v) is 12.7. The fraction of sp³-hybridized carbons (Fsp3) is 0.304. The number of aromatic nitrogens is 2. The maximum atomic E-state index is 4.85. The predicted molar refractivity (Wildman–Crippen MR) is 116 cm³/mol. The number of benzene rings is 2. The molecule has 1 aliphatic carbocycles. The van der Waals surface area contributed by atoms with Gasteiger partial charge in [-0.25, -0.2) is 4.98 Å². The van der Waals surface area contributed by atoms with Gasteiger partial charge < -0.3 is 12.0 Å². The van der Waals surface area contributed by atoms with Gasteiger partial charge in [0, 0.05) is 19.4 Å². The van der Waals surface area contributed by atoms with E-state index in [0.717, 1.165) is 5.82 Å². The van der Waals surface area contributed by atoms with E-state index in [1.165, 1.54) is 36.8 Å². The van der Waals surface area contributed by atoms with E-state index in [-0.39, 0.29) is 26.2 Å². The summed E-state index contributed by atoms with van der Waals surface area (Å²) in [5, 5.41) is 0. The number of hydrogen-bond acceptors (Lipinski definition) is 1. The Balaban J connectivity index is 0.000000660. The standard InChI is InChI=1S/C22H24N2.CH3.2ClH.Cr/c1-24-17-16-23-21(24)22(20-14-8-9-15-20,18-10-4-2-5-11-18)19-12-6-3-7-13-19;;;;/h2-7,10-13,16-17,20H,8-9,14-15H2,1H3;1H3;2*1H;/q;-1;;;+3/p-2. The summed E-state index contributed by atoms with van der Waals surface area (Å²) < 4.78 is 2.21. The predicted octanol–water partition coefficient (Wildman–Crippen LogP) is 6.77. The molecular formula is C23H27Cl2CrN2. The molecular weight excluding hydrogens is 427 g/mol. The molecule has 0 bridgehead atoms. The Labute approximate surface area is 184 Å². The van der Waals surface area contributed by atoms with Crippen LogP contribution in [0.5, 0.6) is 0 Å². The Kier molecular flexibility index (Phi) is 9.12. The third-order valence-corrected chi connectivity index (χ3v) is 5.60. The van der Waals surface area contributed by atoms with E-state index in [4.69, 9.17) is 25.1 Å². The Morgan fingerprint density at radius 3 is 1.79 bits per heavy atom. The number of rotatable bonds is 4. The molecule has 1 saturated carbocycles. The molecule has 1 aromatic heterocycles. The number of halogens is 2. The molecule has 28 heavy (non-hydrogen) atoms. The van der Waals surface area contributed by atoms with Gasteiger partial charge in [-0.15, -0.1) is 0 Å². The minimum absolute atomic E-state index is 0. The number of aryl methyl sites for hydroxylation is 1. The molecule has 1 aliphatic rings. The first-order valence-electron chi connectivity index (χ1n) is 9.23. The van der Waals surface area contributed by atoms with Gasteiger partial charge in [0.1, 0.15) is 5.82 Å². The van der Waals surface area contributed by atoms with Crippen LogP contribution in [-0.4, -0.2) is 9.55 Å². The average molecular weight is 454 g/mol. The maximum absolute atomic E-state index is 4.85. The summed E-state index contributed by atoms with van der Waals surface area (Å²) in [4.78, 5) is 4.85. The average Bonchev–Trinajstić information content (AvgIpc) is 3.38. The molecule has 4 rings (SSSR count). The van der Waals surface area contributed by atoms with Crippen LogP contribution in [-0.2, 0) is 25.8 Å². The van der Waals surface area contributed by atoms with E-state index >= 15 is 0 Å². The SMILES string of the molecule is Cn1ccnc1C(c1ccccc1)(c1ccccc1)C1CCCC1.[CH3-].[Cl][Cr+][Cl]. The second kappa shape index (κ2) is 11.1. The molecule has 0 radical (unpaired) electrons. The fourth-order valence-corrected chi connectivity index (χ4v) is 4.59. The van der Waals surface area contributed by atoms with Crippen molar-refractivity contribution < 1.29 is 13.4 Å². The van der Waals surface area contributed by atoms with Gasteiger partial charge in [0.15, 0.2) is 0 Å². The van der Waals surface area contributed by atoms with E-state index in [1.54, 1.807) is 0 Å². The molecule has 0 amide bonds. The molecule has 1 fully saturated rings. The van der Waals surface area contributed by atoms with Gasteiger partial charge in [-0.05, 0) is 29.9 Å². The summed E-state index contributed by atoms with van der Waals surface area (Å²) in [5.74, 6) is 1.75. The van der Waals surface area contributed by atoms with Crippen LogP contribution in [0.1, 0.15) is 42.6 Å². The topological polar surface area (TPSA) is 17.8 Å². The van der Waals surface area contributed by atoms with E-state index < -0.39 is 0 Å². The second-order valence-corrected chi connectivity index (χ2v) is 9.05. The molecule has 149 valence electrons. The zero-order chi connectivity index (χ0) is 19.1. The minimum atomic E-state index is -0.181. The second-order valence-electron chi connectivity index (χ2n) is 6.94. The fourth-order valence-electron chi connectivity index (χ4n) is 4.59. The molecule has 3 aromatic rings. The molecule has 0 aliphatic heterocycles. The van der Waals surface area contributed by atoms with E-state index in [1.807, 2.05) is 6.20 Å².